The molecule has 0 saturated heterocycles. The summed E-state index contributed by atoms with van der Waals surface area (Å²) in [5, 5.41) is 9.39. The van der Waals surface area contributed by atoms with E-state index in [0.717, 1.165) is 18.4 Å². The van der Waals surface area contributed by atoms with Crippen molar-refractivity contribution < 1.29 is 9.90 Å². The summed E-state index contributed by atoms with van der Waals surface area (Å²) >= 11 is 0. The summed E-state index contributed by atoms with van der Waals surface area (Å²) in [5.74, 6) is 0.211. The van der Waals surface area contributed by atoms with Crippen molar-refractivity contribution in [3.8, 4) is 0 Å². The van der Waals surface area contributed by atoms with Crippen molar-refractivity contribution in [3.05, 3.63) is 11.6 Å². The Hall–Kier alpha value is -0.790. The van der Waals surface area contributed by atoms with Crippen LogP contribution >= 0.6 is 0 Å². The first-order chi connectivity index (χ1) is 8.27. The lowest BCUT2D eigenvalue weighted by atomic mass is 9.80. The van der Waals surface area contributed by atoms with Crippen molar-refractivity contribution in [3.63, 3.8) is 0 Å². The van der Waals surface area contributed by atoms with E-state index in [1.807, 2.05) is 0 Å². The zero-order valence-corrected chi connectivity index (χ0v) is 10.7. The van der Waals surface area contributed by atoms with Gasteiger partial charge in [0.2, 0.25) is 0 Å². The molecule has 2 rings (SSSR count). The summed E-state index contributed by atoms with van der Waals surface area (Å²) in [4.78, 5) is 11.4. The predicted molar refractivity (Wildman–Crippen MR) is 68.9 cm³/mol. The Kier molecular flexibility index (Phi) is 4.64. The van der Waals surface area contributed by atoms with Crippen LogP contribution in [0, 0.1) is 11.8 Å². The van der Waals surface area contributed by atoms with Crippen molar-refractivity contribution in [2.45, 2.75) is 64.2 Å². The van der Waals surface area contributed by atoms with Gasteiger partial charge in [-0.05, 0) is 37.5 Å². The molecule has 1 N–H and O–H groups in total. The molecular weight excluding hydrogens is 212 g/mol. The summed E-state index contributed by atoms with van der Waals surface area (Å²) in [5.41, 5.74) is 0.733. The SMILES string of the molecule is O=C(O)C(=CC1CCCCC1)C1CCCCC1. The van der Waals surface area contributed by atoms with Crippen LogP contribution in [0.4, 0.5) is 0 Å². The van der Waals surface area contributed by atoms with Crippen LogP contribution in [0.1, 0.15) is 64.2 Å². The molecule has 0 bridgehead atoms. The molecule has 2 aliphatic rings. The van der Waals surface area contributed by atoms with Gasteiger partial charge in [-0.2, -0.15) is 0 Å². The third kappa shape index (κ3) is 3.58. The maximum absolute atomic E-state index is 11.4. The van der Waals surface area contributed by atoms with Crippen molar-refractivity contribution in [1.82, 2.24) is 0 Å². The van der Waals surface area contributed by atoms with Gasteiger partial charge in [0, 0.05) is 5.57 Å². The average Bonchev–Trinajstić information content (AvgIpc) is 2.38. The van der Waals surface area contributed by atoms with E-state index in [-0.39, 0.29) is 0 Å². The molecule has 2 saturated carbocycles. The van der Waals surface area contributed by atoms with Gasteiger partial charge in [0.05, 0.1) is 0 Å². The normalized spacial score (nSPS) is 24.8. The second-order valence-corrected chi connectivity index (χ2v) is 5.66. The lowest BCUT2D eigenvalue weighted by molar-refractivity contribution is -0.133. The van der Waals surface area contributed by atoms with E-state index in [1.54, 1.807) is 0 Å². The zero-order chi connectivity index (χ0) is 12.1. The molecule has 0 heterocycles. The lowest BCUT2D eigenvalue weighted by Gasteiger charge is -2.25. The van der Waals surface area contributed by atoms with Gasteiger partial charge in [0.15, 0.2) is 0 Å². The molecule has 0 unspecified atom stereocenters. The monoisotopic (exact) mass is 236 g/mol. The van der Waals surface area contributed by atoms with Crippen LogP contribution in [0.15, 0.2) is 11.6 Å². The summed E-state index contributed by atoms with van der Waals surface area (Å²) < 4.78 is 0. The molecule has 2 fully saturated rings. The Morgan fingerprint density at radius 2 is 1.41 bits per heavy atom. The van der Waals surface area contributed by atoms with Gasteiger partial charge < -0.3 is 5.11 Å². The Labute approximate surface area is 104 Å². The maximum atomic E-state index is 11.4. The molecule has 0 aromatic heterocycles. The highest BCUT2D eigenvalue weighted by atomic mass is 16.4. The van der Waals surface area contributed by atoms with Gasteiger partial charge in [-0.25, -0.2) is 4.79 Å². The highest BCUT2D eigenvalue weighted by Gasteiger charge is 2.24. The van der Waals surface area contributed by atoms with Crippen molar-refractivity contribution in [2.24, 2.45) is 11.8 Å². The van der Waals surface area contributed by atoms with Gasteiger partial charge in [-0.3, -0.25) is 0 Å². The van der Waals surface area contributed by atoms with Crippen LogP contribution in [0.2, 0.25) is 0 Å². The Balaban J connectivity index is 2.04. The van der Waals surface area contributed by atoms with Crippen LogP contribution in [0.3, 0.4) is 0 Å². The van der Waals surface area contributed by atoms with E-state index in [1.165, 1.54) is 51.4 Å². The number of aliphatic carboxylic acids is 1. The van der Waals surface area contributed by atoms with Crippen molar-refractivity contribution >= 4 is 5.97 Å². The standard InChI is InChI=1S/C15H24O2/c16-15(17)14(13-9-5-2-6-10-13)11-12-7-3-1-4-8-12/h11-13H,1-10H2,(H,16,17). The van der Waals surface area contributed by atoms with Gasteiger partial charge in [-0.15, -0.1) is 0 Å². The largest absolute Gasteiger partial charge is 0.478 e. The average molecular weight is 236 g/mol. The molecule has 0 atom stereocenters. The van der Waals surface area contributed by atoms with E-state index >= 15 is 0 Å². The molecule has 96 valence electrons. The molecule has 17 heavy (non-hydrogen) atoms. The zero-order valence-electron chi connectivity index (χ0n) is 10.7. The van der Waals surface area contributed by atoms with E-state index in [4.69, 9.17) is 0 Å². The molecule has 2 aliphatic carbocycles. The lowest BCUT2D eigenvalue weighted by Crippen LogP contribution is -2.18. The van der Waals surface area contributed by atoms with Crippen LogP contribution in [-0.4, -0.2) is 11.1 Å². The van der Waals surface area contributed by atoms with Gasteiger partial charge in [0.25, 0.3) is 0 Å². The smallest absolute Gasteiger partial charge is 0.331 e. The number of hydrogen-bond acceptors (Lipinski definition) is 1. The summed E-state index contributed by atoms with van der Waals surface area (Å²) in [6.45, 7) is 0. The van der Waals surface area contributed by atoms with Gasteiger partial charge in [-0.1, -0.05) is 44.6 Å². The predicted octanol–water partition coefficient (Wildman–Crippen LogP) is 4.16. The third-order valence-corrected chi connectivity index (χ3v) is 4.36. The fraction of sp³-hybridized carbons (Fsp3) is 0.800. The van der Waals surface area contributed by atoms with E-state index in [2.05, 4.69) is 6.08 Å². The first kappa shape index (κ1) is 12.7. The Morgan fingerprint density at radius 3 is 1.94 bits per heavy atom. The highest BCUT2D eigenvalue weighted by molar-refractivity contribution is 5.87. The quantitative estimate of drug-likeness (QED) is 0.747. The molecule has 0 amide bonds. The molecule has 2 heteroatoms. The van der Waals surface area contributed by atoms with Crippen LogP contribution in [0.25, 0.3) is 0 Å². The fourth-order valence-corrected chi connectivity index (χ4v) is 3.35. The minimum atomic E-state index is -0.664. The van der Waals surface area contributed by atoms with Crippen molar-refractivity contribution in [2.75, 3.05) is 0 Å². The summed E-state index contributed by atoms with van der Waals surface area (Å²) in [6.07, 6.45) is 14.3. The van der Waals surface area contributed by atoms with Gasteiger partial charge >= 0.3 is 5.97 Å². The molecule has 2 nitrogen and oxygen atoms in total. The van der Waals surface area contributed by atoms with Crippen molar-refractivity contribution in [1.29, 1.82) is 0 Å². The number of rotatable bonds is 3. The number of carboxylic acids is 1. The third-order valence-electron chi connectivity index (χ3n) is 4.36. The number of carboxylic acid groups (broad SMARTS) is 1. The number of allylic oxidation sites excluding steroid dienone is 1. The molecule has 0 radical (unpaired) electrons. The van der Waals surface area contributed by atoms with Crippen LogP contribution < -0.4 is 0 Å². The number of hydrogen-bond donors (Lipinski definition) is 1. The van der Waals surface area contributed by atoms with Crippen LogP contribution in [0.5, 0.6) is 0 Å². The molecule has 0 aromatic rings. The first-order valence-corrected chi connectivity index (χ1v) is 7.22. The van der Waals surface area contributed by atoms with Crippen LogP contribution in [-0.2, 0) is 4.79 Å². The first-order valence-electron chi connectivity index (χ1n) is 7.22. The second kappa shape index (κ2) is 6.23. The topological polar surface area (TPSA) is 37.3 Å². The maximum Gasteiger partial charge on any atom is 0.331 e. The minimum Gasteiger partial charge on any atom is -0.478 e. The van der Waals surface area contributed by atoms with Gasteiger partial charge in [0.1, 0.15) is 0 Å². The minimum absolute atomic E-state index is 0.336. The fourth-order valence-electron chi connectivity index (χ4n) is 3.35. The summed E-state index contributed by atoms with van der Waals surface area (Å²) in [6, 6.07) is 0. The molecule has 0 aromatic carbocycles. The second-order valence-electron chi connectivity index (χ2n) is 5.66. The van der Waals surface area contributed by atoms with E-state index in [0.29, 0.717) is 11.8 Å². The Morgan fingerprint density at radius 1 is 0.882 bits per heavy atom. The molecular formula is C15H24O2. The molecule has 0 aliphatic heterocycles. The Bertz CT molecular complexity index is 281. The van der Waals surface area contributed by atoms with E-state index < -0.39 is 5.97 Å². The highest BCUT2D eigenvalue weighted by Crippen LogP contribution is 2.33. The number of carbonyl (C=O) groups is 1. The summed E-state index contributed by atoms with van der Waals surface area (Å²) in [7, 11) is 0. The molecule has 0 spiro atoms. The van der Waals surface area contributed by atoms with E-state index in [9.17, 15) is 9.90 Å².